The molecule has 6 rings (SSSR count). The molecule has 1 aromatic carbocycles. The smallest absolute Gasteiger partial charge is 0.246 e. The molecule has 1 aliphatic heterocycles. The van der Waals surface area contributed by atoms with Crippen LogP contribution in [0.15, 0.2) is 42.4 Å². The number of nitrogens with zero attached hydrogens (tertiary/aromatic N) is 5. The molecule has 0 fully saturated rings. The Bertz CT molecular complexity index is 1840. The molecule has 4 aromatic heterocycles. The van der Waals surface area contributed by atoms with E-state index in [1.54, 1.807) is 36.7 Å². The minimum atomic E-state index is -0.767. The Kier molecular flexibility index (Phi) is 6.82. The summed E-state index contributed by atoms with van der Waals surface area (Å²) in [5, 5.41) is 7.49. The highest BCUT2D eigenvalue weighted by molar-refractivity contribution is 7.18. The monoisotopic (exact) mass is 592 g/mol. The molecule has 41 heavy (non-hydrogen) atoms. The highest BCUT2D eigenvalue weighted by atomic mass is 32.1. The summed E-state index contributed by atoms with van der Waals surface area (Å²) >= 11 is 2.81. The number of nitrogen functional groups attached to an aromatic ring is 1. The highest BCUT2D eigenvalue weighted by Gasteiger charge is 2.30. The Morgan fingerprint density at radius 2 is 2.02 bits per heavy atom. The molecular weight excluding hydrogens is 566 g/mol. The zero-order valence-electron chi connectivity index (χ0n) is 22.6. The molecule has 5 heterocycles. The predicted molar refractivity (Wildman–Crippen MR) is 158 cm³/mol. The van der Waals surface area contributed by atoms with E-state index in [0.717, 1.165) is 26.7 Å². The second-order valence-corrected chi connectivity index (χ2v) is 12.0. The van der Waals surface area contributed by atoms with Crippen LogP contribution < -0.4 is 10.5 Å². The average Bonchev–Trinajstić information content (AvgIpc) is 3.65. The van der Waals surface area contributed by atoms with Gasteiger partial charge in [0.1, 0.15) is 28.1 Å². The molecule has 5 aromatic rings. The number of ether oxygens (including phenoxy) is 1. The van der Waals surface area contributed by atoms with Gasteiger partial charge >= 0.3 is 0 Å². The van der Waals surface area contributed by atoms with Gasteiger partial charge < -0.3 is 15.4 Å². The second-order valence-electron chi connectivity index (χ2n) is 9.98. The Morgan fingerprint density at radius 1 is 1.22 bits per heavy atom. The maximum atomic E-state index is 15.8. The van der Waals surface area contributed by atoms with Crippen molar-refractivity contribution in [3.8, 4) is 38.8 Å². The number of pyridine rings is 1. The van der Waals surface area contributed by atoms with E-state index in [1.165, 1.54) is 34.8 Å². The van der Waals surface area contributed by atoms with Crippen molar-refractivity contribution in [1.29, 1.82) is 0 Å². The summed E-state index contributed by atoms with van der Waals surface area (Å²) in [6.45, 7) is 8.10. The van der Waals surface area contributed by atoms with E-state index in [-0.39, 0.29) is 23.3 Å². The van der Waals surface area contributed by atoms with E-state index in [9.17, 15) is 9.18 Å². The lowest BCUT2D eigenvalue weighted by atomic mass is 9.98. The first kappa shape index (κ1) is 27.0. The van der Waals surface area contributed by atoms with Crippen LogP contribution in [0, 0.1) is 11.6 Å². The highest BCUT2D eigenvalue weighted by Crippen LogP contribution is 2.48. The zero-order valence-corrected chi connectivity index (χ0v) is 24.2. The standard InChI is InChI=1S/C29H26F2N6O2S2/c1-5-22(38)37-8-6-19-21(13-37)41-29(33-19)26-24(23-18(31)10-15(30)11-20(23)39-14(2)3)27-16(7-9-40-27)25(34-26)17-12-36(4)35-28(17)32/h5,7,9-12,14H,1,6,8,13H2,2-4H3,(H2,32,35). The van der Waals surface area contributed by atoms with Gasteiger partial charge in [-0.2, -0.15) is 5.10 Å². The topological polar surface area (TPSA) is 99.2 Å². The molecule has 0 unspecified atom stereocenters. The van der Waals surface area contributed by atoms with Crippen LogP contribution in [-0.2, 0) is 24.8 Å². The summed E-state index contributed by atoms with van der Waals surface area (Å²) in [4.78, 5) is 24.9. The van der Waals surface area contributed by atoms with Crippen molar-refractivity contribution < 1.29 is 18.3 Å². The first-order valence-corrected chi connectivity index (χ1v) is 14.6. The van der Waals surface area contributed by atoms with E-state index in [1.807, 2.05) is 11.4 Å². The number of rotatable bonds is 6. The molecule has 0 atom stereocenters. The Hall–Kier alpha value is -4.16. The van der Waals surface area contributed by atoms with E-state index in [2.05, 4.69) is 11.7 Å². The molecule has 0 spiro atoms. The SMILES string of the molecule is C=CC(=O)N1CCc2nc(-c3nc(-c4cn(C)nc4N)c4ccsc4c3-c3c(F)cc(F)cc3OC(C)C)sc2C1. The molecule has 2 N–H and O–H groups in total. The fourth-order valence-electron chi connectivity index (χ4n) is 5.06. The van der Waals surface area contributed by atoms with Crippen LogP contribution in [-0.4, -0.2) is 43.2 Å². The number of carbonyl (C=O) groups is 1. The van der Waals surface area contributed by atoms with E-state index >= 15 is 4.39 Å². The van der Waals surface area contributed by atoms with Gasteiger partial charge in [-0.15, -0.1) is 22.7 Å². The summed E-state index contributed by atoms with van der Waals surface area (Å²) in [5.74, 6) is -1.28. The molecule has 0 saturated heterocycles. The van der Waals surface area contributed by atoms with E-state index < -0.39 is 11.6 Å². The fourth-order valence-corrected chi connectivity index (χ4v) is 7.13. The number of amides is 1. The van der Waals surface area contributed by atoms with Crippen molar-refractivity contribution in [1.82, 2.24) is 24.6 Å². The summed E-state index contributed by atoms with van der Waals surface area (Å²) < 4.78 is 38.6. The summed E-state index contributed by atoms with van der Waals surface area (Å²) in [6, 6.07) is 3.95. The molecule has 0 saturated carbocycles. The lowest BCUT2D eigenvalue weighted by Crippen LogP contribution is -2.34. The van der Waals surface area contributed by atoms with E-state index in [0.29, 0.717) is 52.9 Å². The maximum absolute atomic E-state index is 15.8. The van der Waals surface area contributed by atoms with Crippen molar-refractivity contribution in [3.63, 3.8) is 0 Å². The van der Waals surface area contributed by atoms with Gasteiger partial charge in [0.25, 0.3) is 0 Å². The van der Waals surface area contributed by atoms with Crippen LogP contribution in [0.1, 0.15) is 24.4 Å². The molecule has 0 aliphatic carbocycles. The number of carbonyl (C=O) groups excluding carboxylic acids is 1. The van der Waals surface area contributed by atoms with Crippen LogP contribution in [0.2, 0.25) is 0 Å². The molecule has 8 nitrogen and oxygen atoms in total. The number of hydrogen-bond acceptors (Lipinski definition) is 8. The average molecular weight is 593 g/mol. The van der Waals surface area contributed by atoms with Gasteiger partial charge in [0.05, 0.1) is 35.2 Å². The summed E-state index contributed by atoms with van der Waals surface area (Å²) in [5.41, 5.74) is 9.33. The lowest BCUT2D eigenvalue weighted by molar-refractivity contribution is -0.126. The second kappa shape index (κ2) is 10.3. The van der Waals surface area contributed by atoms with Crippen molar-refractivity contribution in [3.05, 3.63) is 64.6 Å². The number of halogens is 2. The number of thiophene rings is 1. The van der Waals surface area contributed by atoms with Gasteiger partial charge in [-0.05, 0) is 31.4 Å². The Morgan fingerprint density at radius 3 is 2.73 bits per heavy atom. The van der Waals surface area contributed by atoms with Crippen molar-refractivity contribution >= 4 is 44.5 Å². The van der Waals surface area contributed by atoms with Gasteiger partial charge in [0.2, 0.25) is 5.91 Å². The van der Waals surface area contributed by atoms with Crippen molar-refractivity contribution in [2.24, 2.45) is 7.05 Å². The third-order valence-electron chi connectivity index (χ3n) is 6.77. The Balaban J connectivity index is 1.66. The third-order valence-corrected chi connectivity index (χ3v) is 8.79. The number of benzene rings is 1. The first-order valence-electron chi connectivity index (χ1n) is 12.9. The van der Waals surface area contributed by atoms with Gasteiger partial charge in [-0.25, -0.2) is 18.7 Å². The summed E-state index contributed by atoms with van der Waals surface area (Å²) in [6.07, 6.45) is 3.32. The number of aromatic nitrogens is 4. The van der Waals surface area contributed by atoms with Crippen LogP contribution in [0.4, 0.5) is 14.6 Å². The van der Waals surface area contributed by atoms with Crippen LogP contribution >= 0.6 is 22.7 Å². The molecular formula is C29H26F2N6O2S2. The normalized spacial score (nSPS) is 13.2. The minimum absolute atomic E-state index is 0.0768. The van der Waals surface area contributed by atoms with Gasteiger partial charge in [0.15, 0.2) is 5.82 Å². The number of aryl methyl sites for hydroxylation is 1. The molecule has 12 heteroatoms. The van der Waals surface area contributed by atoms with Gasteiger partial charge in [-0.1, -0.05) is 6.58 Å². The maximum Gasteiger partial charge on any atom is 0.246 e. The number of fused-ring (bicyclic) bond motifs is 2. The van der Waals surface area contributed by atoms with Crippen molar-refractivity contribution in [2.75, 3.05) is 12.3 Å². The van der Waals surface area contributed by atoms with Gasteiger partial charge in [-0.3, -0.25) is 9.48 Å². The summed E-state index contributed by atoms with van der Waals surface area (Å²) in [7, 11) is 1.77. The van der Waals surface area contributed by atoms with Crippen LogP contribution in [0.25, 0.3) is 43.2 Å². The molecule has 210 valence electrons. The lowest BCUT2D eigenvalue weighted by Gasteiger charge is -2.24. The number of nitrogens with two attached hydrogens (primary N) is 1. The Labute approximate surface area is 242 Å². The largest absolute Gasteiger partial charge is 0.490 e. The molecule has 1 aliphatic rings. The van der Waals surface area contributed by atoms with Crippen LogP contribution in [0.5, 0.6) is 5.75 Å². The van der Waals surface area contributed by atoms with Crippen LogP contribution in [0.3, 0.4) is 0 Å². The van der Waals surface area contributed by atoms with Crippen molar-refractivity contribution in [2.45, 2.75) is 32.9 Å². The quantitative estimate of drug-likeness (QED) is 0.236. The number of thiazole rings is 1. The third kappa shape index (κ3) is 4.76. The molecule has 1 amide bonds. The first-order chi connectivity index (χ1) is 19.6. The molecule has 0 radical (unpaired) electrons. The minimum Gasteiger partial charge on any atom is -0.490 e. The number of anilines is 1. The predicted octanol–water partition coefficient (Wildman–Crippen LogP) is 6.21. The molecule has 0 bridgehead atoms. The van der Waals surface area contributed by atoms with Gasteiger partial charge in [0, 0.05) is 58.9 Å². The number of hydrogen-bond donors (Lipinski definition) is 1. The van der Waals surface area contributed by atoms with E-state index in [4.69, 9.17) is 20.4 Å². The zero-order chi connectivity index (χ0) is 29.0. The fraction of sp³-hybridized carbons (Fsp3) is 0.241.